The van der Waals surface area contributed by atoms with Crippen LogP contribution in [0.25, 0.3) is 0 Å². The Morgan fingerprint density at radius 3 is 2.58 bits per heavy atom. The molecule has 0 aliphatic rings. The van der Waals surface area contributed by atoms with Gasteiger partial charge in [-0.25, -0.2) is 0 Å². The Bertz CT molecular complexity index is 567. The summed E-state index contributed by atoms with van der Waals surface area (Å²) in [6.45, 7) is 0. The molecule has 0 aromatic heterocycles. The van der Waals surface area contributed by atoms with E-state index in [1.54, 1.807) is 31.4 Å². The van der Waals surface area contributed by atoms with Crippen molar-refractivity contribution in [3.63, 3.8) is 0 Å². The molecule has 0 saturated heterocycles. The molecule has 0 radical (unpaired) electrons. The van der Waals surface area contributed by atoms with Crippen molar-refractivity contribution in [1.29, 1.82) is 0 Å². The fourth-order valence-corrected chi connectivity index (χ4v) is 1.84. The molecule has 0 spiro atoms. The number of nitrogens with one attached hydrogen (secondary N) is 1. The minimum Gasteiger partial charge on any atom is -0.497 e. The van der Waals surface area contributed by atoms with Crippen molar-refractivity contribution in [3.8, 4) is 5.75 Å². The standard InChI is InChI=1S/C15H14ClNO2/c1-19-14-7-5-12(6-8-14)15(18)17-13-4-2-3-11(9-13)10-16/h2-9H,10H2,1H3,(H,17,18). The van der Waals surface area contributed by atoms with E-state index in [-0.39, 0.29) is 5.91 Å². The van der Waals surface area contributed by atoms with E-state index in [0.29, 0.717) is 11.4 Å². The highest BCUT2D eigenvalue weighted by molar-refractivity contribution is 6.17. The lowest BCUT2D eigenvalue weighted by Gasteiger charge is -2.07. The van der Waals surface area contributed by atoms with Gasteiger partial charge in [-0.2, -0.15) is 0 Å². The predicted molar refractivity (Wildman–Crippen MR) is 76.9 cm³/mol. The number of benzene rings is 2. The molecule has 0 aliphatic carbocycles. The molecule has 0 aliphatic heterocycles. The Morgan fingerprint density at radius 1 is 1.21 bits per heavy atom. The predicted octanol–water partition coefficient (Wildman–Crippen LogP) is 3.69. The highest BCUT2D eigenvalue weighted by Gasteiger charge is 2.06. The average molecular weight is 276 g/mol. The number of carbonyl (C=O) groups is 1. The van der Waals surface area contributed by atoms with E-state index in [4.69, 9.17) is 16.3 Å². The van der Waals surface area contributed by atoms with Crippen LogP contribution >= 0.6 is 11.6 Å². The van der Waals surface area contributed by atoms with E-state index >= 15 is 0 Å². The second-order valence-electron chi connectivity index (χ2n) is 4.02. The first kappa shape index (κ1) is 13.4. The maximum absolute atomic E-state index is 12.0. The van der Waals surface area contributed by atoms with Crippen molar-refractivity contribution in [1.82, 2.24) is 0 Å². The summed E-state index contributed by atoms with van der Waals surface area (Å²) in [5.74, 6) is 0.988. The van der Waals surface area contributed by atoms with Crippen LogP contribution in [0.1, 0.15) is 15.9 Å². The fourth-order valence-electron chi connectivity index (χ4n) is 1.68. The summed E-state index contributed by atoms with van der Waals surface area (Å²) in [5.41, 5.74) is 2.28. The van der Waals surface area contributed by atoms with Crippen molar-refractivity contribution in [3.05, 3.63) is 59.7 Å². The first-order chi connectivity index (χ1) is 9.22. The van der Waals surface area contributed by atoms with Crippen LogP contribution in [0.5, 0.6) is 5.75 Å². The van der Waals surface area contributed by atoms with Gasteiger partial charge in [0.25, 0.3) is 5.91 Å². The highest BCUT2D eigenvalue weighted by atomic mass is 35.5. The first-order valence-corrected chi connectivity index (χ1v) is 6.36. The third kappa shape index (κ3) is 3.48. The molecule has 1 N–H and O–H groups in total. The minimum absolute atomic E-state index is 0.158. The molecule has 2 rings (SSSR count). The van der Waals surface area contributed by atoms with Crippen LogP contribution in [0.3, 0.4) is 0 Å². The van der Waals surface area contributed by atoms with Gasteiger partial charge in [-0.3, -0.25) is 4.79 Å². The maximum Gasteiger partial charge on any atom is 0.255 e. The second kappa shape index (κ2) is 6.25. The second-order valence-corrected chi connectivity index (χ2v) is 4.28. The van der Waals surface area contributed by atoms with Crippen molar-refractivity contribution >= 4 is 23.2 Å². The first-order valence-electron chi connectivity index (χ1n) is 5.83. The molecular formula is C15H14ClNO2. The summed E-state index contributed by atoms with van der Waals surface area (Å²) in [4.78, 5) is 12.0. The SMILES string of the molecule is COc1ccc(C(=O)Nc2cccc(CCl)c2)cc1. The van der Waals surface area contributed by atoms with Crippen LogP contribution in [0.4, 0.5) is 5.69 Å². The molecule has 0 fully saturated rings. The van der Waals surface area contributed by atoms with Crippen LogP contribution in [0.2, 0.25) is 0 Å². The van der Waals surface area contributed by atoms with Gasteiger partial charge >= 0.3 is 0 Å². The number of carbonyl (C=O) groups excluding carboxylic acids is 1. The lowest BCUT2D eigenvalue weighted by atomic mass is 10.2. The zero-order valence-electron chi connectivity index (χ0n) is 10.5. The highest BCUT2D eigenvalue weighted by Crippen LogP contribution is 2.15. The molecule has 98 valence electrons. The molecule has 4 heteroatoms. The molecule has 0 bridgehead atoms. The number of amides is 1. The van der Waals surface area contributed by atoms with Crippen LogP contribution < -0.4 is 10.1 Å². The van der Waals surface area contributed by atoms with Crippen LogP contribution in [0.15, 0.2) is 48.5 Å². The number of methoxy groups -OCH3 is 1. The number of hydrogen-bond acceptors (Lipinski definition) is 2. The summed E-state index contributed by atoms with van der Waals surface area (Å²) in [6, 6.07) is 14.4. The van der Waals surface area contributed by atoms with Gasteiger partial charge in [0, 0.05) is 17.1 Å². The Kier molecular flexibility index (Phi) is 4.42. The molecule has 1 amide bonds. The van der Waals surface area contributed by atoms with Crippen LogP contribution in [0, 0.1) is 0 Å². The van der Waals surface area contributed by atoms with E-state index in [9.17, 15) is 4.79 Å². The molecule has 0 atom stereocenters. The largest absolute Gasteiger partial charge is 0.497 e. The molecule has 0 saturated carbocycles. The lowest BCUT2D eigenvalue weighted by Crippen LogP contribution is -2.11. The van der Waals surface area contributed by atoms with E-state index in [1.807, 2.05) is 24.3 Å². The normalized spacial score (nSPS) is 10.0. The number of anilines is 1. The molecule has 2 aromatic rings. The minimum atomic E-state index is -0.158. The number of alkyl halides is 1. The van der Waals surface area contributed by atoms with Gasteiger partial charge < -0.3 is 10.1 Å². The van der Waals surface area contributed by atoms with Gasteiger partial charge in [0.05, 0.1) is 7.11 Å². The lowest BCUT2D eigenvalue weighted by molar-refractivity contribution is 0.102. The summed E-state index contributed by atoms with van der Waals surface area (Å²) < 4.78 is 5.05. The molecule has 0 heterocycles. The van der Waals surface area contributed by atoms with E-state index in [2.05, 4.69) is 5.32 Å². The quantitative estimate of drug-likeness (QED) is 0.865. The summed E-state index contributed by atoms with van der Waals surface area (Å²) >= 11 is 5.76. The zero-order valence-corrected chi connectivity index (χ0v) is 11.3. The summed E-state index contributed by atoms with van der Waals surface area (Å²) in [5, 5.41) is 2.83. The number of halogens is 1. The Morgan fingerprint density at radius 2 is 1.95 bits per heavy atom. The fraction of sp³-hybridized carbons (Fsp3) is 0.133. The molecule has 19 heavy (non-hydrogen) atoms. The molecular weight excluding hydrogens is 262 g/mol. The van der Waals surface area contributed by atoms with Gasteiger partial charge in [0.2, 0.25) is 0 Å². The smallest absolute Gasteiger partial charge is 0.255 e. The van der Waals surface area contributed by atoms with E-state index in [0.717, 1.165) is 17.0 Å². The summed E-state index contributed by atoms with van der Waals surface area (Å²) in [7, 11) is 1.59. The number of hydrogen-bond donors (Lipinski definition) is 1. The van der Waals surface area contributed by atoms with Crippen LogP contribution in [-0.4, -0.2) is 13.0 Å². The monoisotopic (exact) mass is 275 g/mol. The van der Waals surface area contributed by atoms with Gasteiger partial charge in [-0.05, 0) is 42.0 Å². The summed E-state index contributed by atoms with van der Waals surface area (Å²) in [6.07, 6.45) is 0. The van der Waals surface area contributed by atoms with Crippen molar-refractivity contribution in [2.75, 3.05) is 12.4 Å². The van der Waals surface area contributed by atoms with Crippen molar-refractivity contribution in [2.24, 2.45) is 0 Å². The topological polar surface area (TPSA) is 38.3 Å². The Labute approximate surface area is 117 Å². The Hall–Kier alpha value is -2.00. The molecule has 3 nitrogen and oxygen atoms in total. The Balaban J connectivity index is 2.11. The third-order valence-corrected chi connectivity index (χ3v) is 3.00. The van der Waals surface area contributed by atoms with Gasteiger partial charge in [-0.1, -0.05) is 12.1 Å². The third-order valence-electron chi connectivity index (χ3n) is 2.69. The molecule has 0 unspecified atom stereocenters. The van der Waals surface area contributed by atoms with Crippen molar-refractivity contribution < 1.29 is 9.53 Å². The van der Waals surface area contributed by atoms with Gasteiger partial charge in [-0.15, -0.1) is 11.6 Å². The number of ether oxygens (including phenoxy) is 1. The zero-order chi connectivity index (χ0) is 13.7. The van der Waals surface area contributed by atoms with E-state index < -0.39 is 0 Å². The molecule has 2 aromatic carbocycles. The van der Waals surface area contributed by atoms with Gasteiger partial charge in [0.15, 0.2) is 0 Å². The number of rotatable bonds is 4. The maximum atomic E-state index is 12.0. The van der Waals surface area contributed by atoms with Gasteiger partial charge in [0.1, 0.15) is 5.75 Å². The van der Waals surface area contributed by atoms with Crippen LogP contribution in [-0.2, 0) is 5.88 Å². The van der Waals surface area contributed by atoms with Crippen molar-refractivity contribution in [2.45, 2.75) is 5.88 Å². The van der Waals surface area contributed by atoms with E-state index in [1.165, 1.54) is 0 Å². The average Bonchev–Trinajstić information content (AvgIpc) is 2.47.